The molecule has 2 fully saturated rings. The minimum absolute atomic E-state index is 0.0435. The van der Waals surface area contributed by atoms with Gasteiger partial charge in [0.15, 0.2) is 15.0 Å². The minimum Gasteiger partial charge on any atom is -0.316 e. The van der Waals surface area contributed by atoms with Crippen molar-refractivity contribution in [1.29, 1.82) is 0 Å². The first-order valence-corrected chi connectivity index (χ1v) is 9.93. The lowest BCUT2D eigenvalue weighted by molar-refractivity contribution is -0.115. The summed E-state index contributed by atoms with van der Waals surface area (Å²) < 4.78 is 23.8. The fraction of sp³-hybridized carbons (Fsp3) is 0.385. The zero-order valence-corrected chi connectivity index (χ0v) is 14.6. The van der Waals surface area contributed by atoms with E-state index in [4.69, 9.17) is 23.2 Å². The molecule has 0 saturated carbocycles. The van der Waals surface area contributed by atoms with Crippen LogP contribution in [0.25, 0.3) is 0 Å². The van der Waals surface area contributed by atoms with E-state index in [2.05, 4.69) is 4.99 Å². The summed E-state index contributed by atoms with van der Waals surface area (Å²) in [6.45, 7) is 1.37. The molecule has 0 aromatic heterocycles. The van der Waals surface area contributed by atoms with Gasteiger partial charge < -0.3 is 4.90 Å². The summed E-state index contributed by atoms with van der Waals surface area (Å²) in [5.74, 6) is -0.186. The number of sulfone groups is 1. The molecule has 1 amide bonds. The van der Waals surface area contributed by atoms with Crippen LogP contribution in [0.15, 0.2) is 23.2 Å². The third kappa shape index (κ3) is 2.99. The van der Waals surface area contributed by atoms with Gasteiger partial charge in [-0.1, -0.05) is 35.0 Å². The van der Waals surface area contributed by atoms with Gasteiger partial charge in [0.2, 0.25) is 5.91 Å². The number of thioether (sulfide) groups is 1. The van der Waals surface area contributed by atoms with Crippen LogP contribution in [0, 0.1) is 0 Å². The van der Waals surface area contributed by atoms with Crippen LogP contribution >= 0.6 is 35.0 Å². The average molecular weight is 379 g/mol. The fourth-order valence-corrected chi connectivity index (χ4v) is 6.89. The Morgan fingerprint density at radius 3 is 2.68 bits per heavy atom. The van der Waals surface area contributed by atoms with E-state index in [0.717, 1.165) is 0 Å². The molecule has 0 bridgehead atoms. The zero-order chi connectivity index (χ0) is 16.1. The Balaban J connectivity index is 2.06. The van der Waals surface area contributed by atoms with Crippen molar-refractivity contribution in [2.24, 2.45) is 4.99 Å². The summed E-state index contributed by atoms with van der Waals surface area (Å²) in [7, 11) is -3.08. The van der Waals surface area contributed by atoms with E-state index < -0.39 is 9.84 Å². The number of halogens is 2. The van der Waals surface area contributed by atoms with Crippen molar-refractivity contribution in [3.63, 3.8) is 0 Å². The number of carbonyl (C=O) groups excluding carboxylic acids is 1. The number of rotatable bonds is 1. The molecule has 2 atom stereocenters. The molecule has 0 aliphatic carbocycles. The second kappa shape index (κ2) is 5.70. The van der Waals surface area contributed by atoms with Crippen LogP contribution in [0.3, 0.4) is 0 Å². The standard InChI is InChI=1S/C13H12Cl2N2O3S2/c1-7(18)16-13-17(8-2-3-9(14)10(15)4-8)11-5-22(19,20)6-12(11)21-13/h2-4,11-12H,5-6H2,1H3/t11-,12+/m1/s1. The number of anilines is 1. The molecule has 2 saturated heterocycles. The Morgan fingerprint density at radius 2 is 2.05 bits per heavy atom. The summed E-state index contributed by atoms with van der Waals surface area (Å²) >= 11 is 13.3. The van der Waals surface area contributed by atoms with E-state index in [1.807, 2.05) is 0 Å². The van der Waals surface area contributed by atoms with Crippen LogP contribution in [0.4, 0.5) is 5.69 Å². The molecule has 0 spiro atoms. The second-order valence-corrected chi connectivity index (χ2v) is 9.36. The van der Waals surface area contributed by atoms with Gasteiger partial charge in [-0.2, -0.15) is 4.99 Å². The number of carbonyl (C=O) groups is 1. The van der Waals surface area contributed by atoms with E-state index in [1.54, 1.807) is 23.1 Å². The molecule has 0 N–H and O–H groups in total. The first-order chi connectivity index (χ1) is 10.3. The smallest absolute Gasteiger partial charge is 0.244 e. The number of amides is 1. The van der Waals surface area contributed by atoms with Crippen LogP contribution in [0.5, 0.6) is 0 Å². The molecule has 0 radical (unpaired) electrons. The van der Waals surface area contributed by atoms with Gasteiger partial charge in [0.05, 0.1) is 27.6 Å². The highest BCUT2D eigenvalue weighted by Crippen LogP contribution is 2.42. The number of benzene rings is 1. The van der Waals surface area contributed by atoms with Crippen molar-refractivity contribution >= 4 is 61.6 Å². The van der Waals surface area contributed by atoms with E-state index in [9.17, 15) is 13.2 Å². The molecule has 2 aliphatic rings. The van der Waals surface area contributed by atoms with Gasteiger partial charge in [-0.05, 0) is 18.2 Å². The second-order valence-electron chi connectivity index (χ2n) is 5.18. The summed E-state index contributed by atoms with van der Waals surface area (Å²) in [6.07, 6.45) is 0. The van der Waals surface area contributed by atoms with E-state index in [-0.39, 0.29) is 28.7 Å². The Kier molecular flexibility index (Phi) is 4.18. The van der Waals surface area contributed by atoms with Gasteiger partial charge in [0.25, 0.3) is 0 Å². The molecule has 2 aliphatic heterocycles. The predicted octanol–water partition coefficient (Wildman–Crippen LogP) is 2.61. The van der Waals surface area contributed by atoms with Gasteiger partial charge in [-0.3, -0.25) is 4.79 Å². The molecule has 22 heavy (non-hydrogen) atoms. The lowest BCUT2D eigenvalue weighted by atomic mass is 10.2. The van der Waals surface area contributed by atoms with E-state index in [0.29, 0.717) is 20.9 Å². The van der Waals surface area contributed by atoms with Crippen LogP contribution in [-0.2, 0) is 14.6 Å². The van der Waals surface area contributed by atoms with Gasteiger partial charge in [-0.25, -0.2) is 8.42 Å². The molecule has 3 rings (SSSR count). The third-order valence-corrected chi connectivity index (χ3v) is 7.45. The SMILES string of the molecule is CC(=O)N=C1S[C@H]2CS(=O)(=O)C[C@H]2N1c1ccc(Cl)c(Cl)c1. The highest BCUT2D eigenvalue weighted by molar-refractivity contribution is 8.16. The highest BCUT2D eigenvalue weighted by atomic mass is 35.5. The molecular weight excluding hydrogens is 367 g/mol. The van der Waals surface area contributed by atoms with Gasteiger partial charge in [0, 0.05) is 17.9 Å². The van der Waals surface area contributed by atoms with E-state index in [1.165, 1.54) is 18.7 Å². The van der Waals surface area contributed by atoms with Crippen molar-refractivity contribution in [1.82, 2.24) is 0 Å². The average Bonchev–Trinajstić information content (AvgIpc) is 2.83. The van der Waals surface area contributed by atoms with Crippen molar-refractivity contribution in [3.05, 3.63) is 28.2 Å². The number of amidine groups is 1. The van der Waals surface area contributed by atoms with Crippen molar-refractivity contribution < 1.29 is 13.2 Å². The van der Waals surface area contributed by atoms with Crippen molar-refractivity contribution in [3.8, 4) is 0 Å². The van der Waals surface area contributed by atoms with Crippen molar-refractivity contribution in [2.45, 2.75) is 18.2 Å². The number of hydrogen-bond donors (Lipinski definition) is 0. The Bertz CT molecular complexity index is 779. The lowest BCUT2D eigenvalue weighted by Gasteiger charge is -2.24. The normalized spacial score (nSPS) is 28.1. The van der Waals surface area contributed by atoms with E-state index >= 15 is 0 Å². The van der Waals surface area contributed by atoms with Crippen molar-refractivity contribution in [2.75, 3.05) is 16.4 Å². The molecule has 0 unspecified atom stereocenters. The highest BCUT2D eigenvalue weighted by Gasteiger charge is 2.49. The number of fused-ring (bicyclic) bond motifs is 1. The topological polar surface area (TPSA) is 66.8 Å². The van der Waals surface area contributed by atoms with Crippen LogP contribution in [0.2, 0.25) is 10.0 Å². The minimum atomic E-state index is -3.08. The number of hydrogen-bond acceptors (Lipinski definition) is 4. The molecule has 2 heterocycles. The van der Waals surface area contributed by atoms with Gasteiger partial charge in [0.1, 0.15) is 0 Å². The largest absolute Gasteiger partial charge is 0.316 e. The summed E-state index contributed by atoms with van der Waals surface area (Å²) in [5, 5.41) is 1.17. The zero-order valence-electron chi connectivity index (χ0n) is 11.5. The summed E-state index contributed by atoms with van der Waals surface area (Å²) in [4.78, 5) is 17.1. The summed E-state index contributed by atoms with van der Waals surface area (Å²) in [6, 6.07) is 4.81. The molecule has 1 aromatic carbocycles. The Hall–Kier alpha value is -0.760. The number of nitrogens with zero attached hydrogens (tertiary/aromatic N) is 2. The van der Waals surface area contributed by atoms with Crippen LogP contribution < -0.4 is 4.90 Å². The fourth-order valence-electron chi connectivity index (χ4n) is 2.64. The first-order valence-electron chi connectivity index (χ1n) is 6.47. The maximum absolute atomic E-state index is 11.9. The third-order valence-electron chi connectivity index (χ3n) is 3.50. The monoisotopic (exact) mass is 378 g/mol. The quantitative estimate of drug-likeness (QED) is 0.751. The number of aliphatic imine (C=N–C) groups is 1. The molecule has 1 aromatic rings. The first kappa shape index (κ1) is 16.1. The van der Waals surface area contributed by atoms with Crippen LogP contribution in [0.1, 0.15) is 6.92 Å². The molecular formula is C13H12Cl2N2O3S2. The maximum Gasteiger partial charge on any atom is 0.244 e. The summed E-state index contributed by atoms with van der Waals surface area (Å²) in [5.41, 5.74) is 0.687. The Labute approximate surface area is 142 Å². The van der Waals surface area contributed by atoms with Gasteiger partial charge in [-0.15, -0.1) is 0 Å². The lowest BCUT2D eigenvalue weighted by Crippen LogP contribution is -2.37. The van der Waals surface area contributed by atoms with Gasteiger partial charge >= 0.3 is 0 Å². The Morgan fingerprint density at radius 1 is 1.32 bits per heavy atom. The molecule has 118 valence electrons. The molecule has 5 nitrogen and oxygen atoms in total. The maximum atomic E-state index is 11.9. The molecule has 9 heteroatoms. The van der Waals surface area contributed by atoms with Crippen LogP contribution in [-0.4, -0.2) is 42.3 Å². The predicted molar refractivity (Wildman–Crippen MR) is 90.9 cm³/mol.